The Labute approximate surface area is 174 Å². The Kier molecular flexibility index (Phi) is 11.5. The third-order valence-electron chi connectivity index (χ3n) is 4.48. The molecule has 0 heterocycles. The number of carboxylic acids is 2. The summed E-state index contributed by atoms with van der Waals surface area (Å²) >= 11 is 0. The minimum Gasteiger partial charge on any atom is -0.478 e. The first-order chi connectivity index (χ1) is 12.4. The Morgan fingerprint density at radius 1 is 0.667 bits per heavy atom. The second kappa shape index (κ2) is 12.4. The quantitative estimate of drug-likeness (QED) is 0.642. The van der Waals surface area contributed by atoms with Crippen LogP contribution in [-0.2, 0) is 45.2 Å². The first kappa shape index (κ1) is 25.0. The summed E-state index contributed by atoms with van der Waals surface area (Å²) in [5.41, 5.74) is 5.11. The van der Waals surface area contributed by atoms with Gasteiger partial charge in [0.25, 0.3) is 0 Å². The Bertz CT molecular complexity index is 703. The van der Waals surface area contributed by atoms with Crippen molar-refractivity contribution in [2.45, 2.75) is 53.4 Å². The summed E-state index contributed by atoms with van der Waals surface area (Å²) in [6, 6.07) is 10.9. The van der Waals surface area contributed by atoms with Crippen LogP contribution in [0.4, 0.5) is 0 Å². The van der Waals surface area contributed by atoms with Crippen LogP contribution in [-0.4, -0.2) is 22.2 Å². The van der Waals surface area contributed by atoms with Crippen molar-refractivity contribution in [1.82, 2.24) is 0 Å². The number of carbonyl (C=O) groups is 2. The maximum Gasteiger partial charge on any atom is 0.335 e. The van der Waals surface area contributed by atoms with Crippen molar-refractivity contribution in [2.75, 3.05) is 0 Å². The Morgan fingerprint density at radius 2 is 1.00 bits per heavy atom. The molecule has 2 aromatic rings. The predicted molar refractivity (Wildman–Crippen MR) is 104 cm³/mol. The molecule has 2 N–H and O–H groups in total. The van der Waals surface area contributed by atoms with E-state index in [4.69, 9.17) is 10.2 Å². The van der Waals surface area contributed by atoms with Gasteiger partial charge in [0, 0.05) is 19.5 Å². The molecular formula is C22H28O4Zn. The summed E-state index contributed by atoms with van der Waals surface area (Å²) in [5.74, 6) is -1.65. The molecule has 0 fully saturated rings. The van der Waals surface area contributed by atoms with E-state index in [9.17, 15) is 9.59 Å². The van der Waals surface area contributed by atoms with Gasteiger partial charge in [-0.15, -0.1) is 0 Å². The average molecular weight is 422 g/mol. The van der Waals surface area contributed by atoms with E-state index in [1.165, 1.54) is 0 Å². The fraction of sp³-hybridized carbons (Fsp3) is 0.364. The molecule has 0 aromatic heterocycles. The molecule has 0 bridgehead atoms. The summed E-state index contributed by atoms with van der Waals surface area (Å²) in [4.78, 5) is 21.7. The molecule has 142 valence electrons. The third-order valence-corrected chi connectivity index (χ3v) is 4.48. The molecule has 0 radical (unpaired) electrons. The van der Waals surface area contributed by atoms with Gasteiger partial charge in [0.1, 0.15) is 0 Å². The van der Waals surface area contributed by atoms with Crippen molar-refractivity contribution < 1.29 is 39.3 Å². The maximum atomic E-state index is 10.8. The summed E-state index contributed by atoms with van der Waals surface area (Å²) in [7, 11) is 0. The van der Waals surface area contributed by atoms with E-state index in [2.05, 4.69) is 0 Å². The van der Waals surface area contributed by atoms with Crippen molar-refractivity contribution >= 4 is 11.9 Å². The second-order valence-electron chi connectivity index (χ2n) is 5.91. The average Bonchev–Trinajstić information content (AvgIpc) is 2.66. The van der Waals surface area contributed by atoms with Crippen LogP contribution in [0.2, 0.25) is 0 Å². The number of hydrogen-bond acceptors (Lipinski definition) is 2. The van der Waals surface area contributed by atoms with Crippen LogP contribution >= 0.6 is 0 Å². The summed E-state index contributed by atoms with van der Waals surface area (Å²) in [6.07, 6.45) is 3.35. The molecule has 0 saturated heterocycles. The minimum atomic E-state index is -0.827. The fourth-order valence-electron chi connectivity index (χ4n) is 3.17. The molecule has 0 aliphatic rings. The molecule has 0 aliphatic carbocycles. The van der Waals surface area contributed by atoms with Gasteiger partial charge >= 0.3 is 11.9 Å². The number of hydrogen-bond donors (Lipinski definition) is 2. The van der Waals surface area contributed by atoms with E-state index in [1.54, 1.807) is 24.3 Å². The van der Waals surface area contributed by atoms with Crippen LogP contribution in [0.25, 0.3) is 0 Å². The molecule has 0 spiro atoms. The predicted octanol–water partition coefficient (Wildman–Crippen LogP) is 5.02. The van der Waals surface area contributed by atoms with E-state index >= 15 is 0 Å². The van der Waals surface area contributed by atoms with Crippen molar-refractivity contribution in [3.8, 4) is 0 Å². The summed E-state index contributed by atoms with van der Waals surface area (Å²) < 4.78 is 0. The van der Waals surface area contributed by atoms with Crippen molar-refractivity contribution in [3.63, 3.8) is 0 Å². The third kappa shape index (κ3) is 6.59. The zero-order valence-corrected chi connectivity index (χ0v) is 19.7. The van der Waals surface area contributed by atoms with E-state index < -0.39 is 11.9 Å². The van der Waals surface area contributed by atoms with Gasteiger partial charge in [-0.25, -0.2) is 9.59 Å². The van der Waals surface area contributed by atoms with Crippen LogP contribution in [0.3, 0.4) is 0 Å². The monoisotopic (exact) mass is 420 g/mol. The van der Waals surface area contributed by atoms with Crippen molar-refractivity contribution in [3.05, 3.63) is 69.8 Å². The van der Waals surface area contributed by atoms with E-state index in [0.717, 1.165) is 47.9 Å². The zero-order chi connectivity index (χ0) is 19.7. The molecule has 0 atom stereocenters. The standard InChI is InChI=1S/2C11H14O2.Zn/c2*1-3-8-6-5-7-10(11(12)13)9(8)4-2;/h2*5-7H,3-4H2,1-2H3,(H,12,13);. The molecule has 0 aliphatic heterocycles. The normalized spacial score (nSPS) is 9.63. The first-order valence-electron chi connectivity index (χ1n) is 9.09. The van der Waals surface area contributed by atoms with Gasteiger partial charge < -0.3 is 10.2 Å². The molecule has 0 unspecified atom stereocenters. The summed E-state index contributed by atoms with van der Waals surface area (Å²) in [6.45, 7) is 8.06. The topological polar surface area (TPSA) is 74.6 Å². The van der Waals surface area contributed by atoms with Gasteiger partial charge in [-0.3, -0.25) is 0 Å². The molecule has 4 nitrogen and oxygen atoms in total. The van der Waals surface area contributed by atoms with Crippen molar-refractivity contribution in [2.24, 2.45) is 0 Å². The van der Waals surface area contributed by atoms with Crippen LogP contribution in [0, 0.1) is 0 Å². The van der Waals surface area contributed by atoms with Crippen LogP contribution < -0.4 is 0 Å². The van der Waals surface area contributed by atoms with E-state index in [1.807, 2.05) is 39.8 Å². The number of aryl methyl sites for hydroxylation is 2. The molecule has 2 aromatic carbocycles. The van der Waals surface area contributed by atoms with Gasteiger partial charge in [-0.05, 0) is 60.1 Å². The molecule has 27 heavy (non-hydrogen) atoms. The second-order valence-corrected chi connectivity index (χ2v) is 5.91. The fourth-order valence-corrected chi connectivity index (χ4v) is 3.17. The Morgan fingerprint density at radius 3 is 1.22 bits per heavy atom. The first-order valence-corrected chi connectivity index (χ1v) is 9.09. The smallest absolute Gasteiger partial charge is 0.335 e. The Balaban J connectivity index is 0.000000483. The van der Waals surface area contributed by atoms with Crippen LogP contribution in [0.5, 0.6) is 0 Å². The molecule has 0 amide bonds. The molecule has 2 rings (SSSR count). The Hall–Kier alpha value is -2.00. The number of benzene rings is 2. The summed E-state index contributed by atoms with van der Waals surface area (Å²) in [5, 5.41) is 17.8. The zero-order valence-electron chi connectivity index (χ0n) is 16.7. The van der Waals surface area contributed by atoms with Crippen LogP contribution in [0.1, 0.15) is 70.7 Å². The maximum absolute atomic E-state index is 10.8. The molecular weight excluding hydrogens is 394 g/mol. The van der Waals surface area contributed by atoms with Gasteiger partial charge in [0.2, 0.25) is 0 Å². The van der Waals surface area contributed by atoms with Gasteiger partial charge in [0.15, 0.2) is 0 Å². The van der Waals surface area contributed by atoms with Gasteiger partial charge in [-0.1, -0.05) is 52.0 Å². The molecule has 5 heteroatoms. The SMILES string of the molecule is CCc1cccc(C(=O)O)c1CC.CCc1cccc(C(=O)O)c1CC.[Zn]. The molecule has 0 saturated carbocycles. The van der Waals surface area contributed by atoms with Crippen molar-refractivity contribution in [1.29, 1.82) is 0 Å². The van der Waals surface area contributed by atoms with Gasteiger partial charge in [0.05, 0.1) is 11.1 Å². The number of rotatable bonds is 6. The van der Waals surface area contributed by atoms with Crippen LogP contribution in [0.15, 0.2) is 36.4 Å². The number of carboxylic acid groups (broad SMARTS) is 2. The van der Waals surface area contributed by atoms with Gasteiger partial charge in [-0.2, -0.15) is 0 Å². The van der Waals surface area contributed by atoms with E-state index in [0.29, 0.717) is 11.1 Å². The minimum absolute atomic E-state index is 0. The largest absolute Gasteiger partial charge is 0.478 e. The van der Waals surface area contributed by atoms with E-state index in [-0.39, 0.29) is 19.5 Å². The number of aromatic carboxylic acids is 2.